The van der Waals surface area contributed by atoms with E-state index in [4.69, 9.17) is 23.2 Å². The highest BCUT2D eigenvalue weighted by molar-refractivity contribution is 6.35. The Labute approximate surface area is 171 Å². The van der Waals surface area contributed by atoms with Crippen molar-refractivity contribution in [3.63, 3.8) is 0 Å². The van der Waals surface area contributed by atoms with Gasteiger partial charge in [0.25, 0.3) is 5.56 Å². The Bertz CT molecular complexity index is 1130. The topological polar surface area (TPSA) is 85.9 Å². The molecule has 0 spiro atoms. The highest BCUT2D eigenvalue weighted by Crippen LogP contribution is 2.21. The predicted octanol–water partition coefficient (Wildman–Crippen LogP) is 1.81. The fraction of sp³-hybridized carbons (Fsp3) is 0.389. The number of hydrogen-bond acceptors (Lipinski definition) is 5. The number of nitrogens with zero attached hydrogens (tertiary/aromatic N) is 4. The van der Waals surface area contributed by atoms with Crippen molar-refractivity contribution in [2.24, 2.45) is 14.1 Å². The van der Waals surface area contributed by atoms with Crippen LogP contribution in [-0.2, 0) is 20.6 Å². The smallest absolute Gasteiger partial charge is 0.332 e. The lowest BCUT2D eigenvalue weighted by Crippen LogP contribution is -2.39. The zero-order valence-corrected chi connectivity index (χ0v) is 17.4. The number of likely N-dealkylation sites (N-methyl/N-ethyl adjacent to an activating group) is 1. The second-order valence-corrected chi connectivity index (χ2v) is 7.26. The Hall–Kier alpha value is -2.29. The van der Waals surface area contributed by atoms with Gasteiger partial charge < -0.3 is 15.2 Å². The van der Waals surface area contributed by atoms with E-state index >= 15 is 0 Å². The highest BCUT2D eigenvalue weighted by atomic mass is 35.5. The van der Waals surface area contributed by atoms with Crippen molar-refractivity contribution in [3.8, 4) is 0 Å². The van der Waals surface area contributed by atoms with Crippen molar-refractivity contribution in [1.29, 1.82) is 0 Å². The molecule has 8 nitrogen and oxygen atoms in total. The first kappa shape index (κ1) is 20.4. The van der Waals surface area contributed by atoms with Crippen LogP contribution in [0.15, 0.2) is 27.8 Å². The van der Waals surface area contributed by atoms with Gasteiger partial charge in [-0.25, -0.2) is 4.79 Å². The molecule has 0 radical (unpaired) electrons. The van der Waals surface area contributed by atoms with Crippen LogP contribution in [0.25, 0.3) is 11.2 Å². The van der Waals surface area contributed by atoms with Crippen molar-refractivity contribution >= 4 is 40.3 Å². The zero-order chi connectivity index (χ0) is 20.4. The molecule has 3 rings (SSSR count). The van der Waals surface area contributed by atoms with Gasteiger partial charge in [0.15, 0.2) is 11.2 Å². The van der Waals surface area contributed by atoms with Crippen molar-refractivity contribution in [1.82, 2.24) is 24.0 Å². The maximum absolute atomic E-state index is 13.1. The molecular weight excluding hydrogens is 403 g/mol. The number of benzene rings is 1. The number of halogens is 2. The van der Waals surface area contributed by atoms with Crippen LogP contribution in [0.3, 0.4) is 0 Å². The van der Waals surface area contributed by atoms with Gasteiger partial charge in [0.1, 0.15) is 0 Å². The van der Waals surface area contributed by atoms with E-state index in [0.29, 0.717) is 39.3 Å². The van der Waals surface area contributed by atoms with Crippen LogP contribution >= 0.6 is 23.2 Å². The summed E-state index contributed by atoms with van der Waals surface area (Å²) in [4.78, 5) is 30.3. The molecular formula is C18H22Cl2N6O2. The first-order valence-electron chi connectivity index (χ1n) is 8.90. The Morgan fingerprint density at radius 1 is 1.11 bits per heavy atom. The molecule has 0 atom stereocenters. The molecule has 150 valence electrons. The molecule has 10 heteroatoms. The first-order chi connectivity index (χ1) is 13.3. The third kappa shape index (κ3) is 3.80. The molecule has 2 N–H and O–H groups in total. The number of imidazole rings is 1. The minimum atomic E-state index is -0.458. The monoisotopic (exact) mass is 424 g/mol. The molecule has 2 heterocycles. The molecule has 1 aromatic carbocycles. The van der Waals surface area contributed by atoms with Gasteiger partial charge in [-0.15, -0.1) is 0 Å². The van der Waals surface area contributed by atoms with Gasteiger partial charge in [-0.1, -0.05) is 36.2 Å². The van der Waals surface area contributed by atoms with Gasteiger partial charge in [0, 0.05) is 37.2 Å². The fourth-order valence-electron chi connectivity index (χ4n) is 3.00. The summed E-state index contributed by atoms with van der Waals surface area (Å²) in [5.41, 5.74) is 0.440. The number of hydrogen-bond donors (Lipinski definition) is 2. The van der Waals surface area contributed by atoms with E-state index in [1.165, 1.54) is 4.57 Å². The quantitative estimate of drug-likeness (QED) is 0.564. The van der Waals surface area contributed by atoms with Crippen molar-refractivity contribution in [2.75, 3.05) is 25.0 Å². The minimum absolute atomic E-state index is 0.0474. The average molecular weight is 425 g/mol. The second-order valence-electron chi connectivity index (χ2n) is 6.42. The maximum atomic E-state index is 13.1. The zero-order valence-electron chi connectivity index (χ0n) is 15.9. The number of aryl methyl sites for hydroxylation is 2. The largest absolute Gasteiger partial charge is 0.354 e. The molecule has 2 aromatic heterocycles. The lowest BCUT2D eigenvalue weighted by atomic mass is 10.2. The molecule has 3 aromatic rings. The third-order valence-corrected chi connectivity index (χ3v) is 5.13. The summed E-state index contributed by atoms with van der Waals surface area (Å²) in [6.07, 6.45) is 0. The summed E-state index contributed by atoms with van der Waals surface area (Å²) in [5, 5.41) is 7.28. The fourth-order valence-corrected chi connectivity index (χ4v) is 3.47. The molecule has 0 fully saturated rings. The van der Waals surface area contributed by atoms with Crippen LogP contribution in [0.1, 0.15) is 12.5 Å². The lowest BCUT2D eigenvalue weighted by Gasteiger charge is -2.10. The van der Waals surface area contributed by atoms with Gasteiger partial charge in [-0.3, -0.25) is 13.9 Å². The summed E-state index contributed by atoms with van der Waals surface area (Å²) in [6, 6.07) is 4.97. The van der Waals surface area contributed by atoms with Crippen molar-refractivity contribution in [3.05, 3.63) is 54.6 Å². The van der Waals surface area contributed by atoms with E-state index in [2.05, 4.69) is 15.6 Å². The summed E-state index contributed by atoms with van der Waals surface area (Å²) in [6.45, 7) is 4.36. The van der Waals surface area contributed by atoms with E-state index in [9.17, 15) is 9.59 Å². The lowest BCUT2D eigenvalue weighted by molar-refractivity contribution is 0.655. The van der Waals surface area contributed by atoms with Gasteiger partial charge in [-0.05, 0) is 24.2 Å². The molecule has 0 bridgehead atoms. The second kappa shape index (κ2) is 8.38. The number of fused-ring (bicyclic) bond motifs is 1. The van der Waals surface area contributed by atoms with E-state index in [0.717, 1.165) is 17.7 Å². The molecule has 0 aliphatic rings. The summed E-state index contributed by atoms with van der Waals surface area (Å²) in [5.74, 6) is 0.530. The van der Waals surface area contributed by atoms with Gasteiger partial charge in [0.05, 0.1) is 6.54 Å². The van der Waals surface area contributed by atoms with Crippen LogP contribution in [0, 0.1) is 0 Å². The number of anilines is 1. The third-order valence-electron chi connectivity index (χ3n) is 4.54. The maximum Gasteiger partial charge on any atom is 0.332 e. The van der Waals surface area contributed by atoms with Gasteiger partial charge in [-0.2, -0.15) is 4.98 Å². The van der Waals surface area contributed by atoms with E-state index in [-0.39, 0.29) is 6.54 Å². The van der Waals surface area contributed by atoms with Crippen LogP contribution < -0.4 is 21.9 Å². The summed E-state index contributed by atoms with van der Waals surface area (Å²) >= 11 is 12.1. The molecule has 28 heavy (non-hydrogen) atoms. The van der Waals surface area contributed by atoms with Crippen molar-refractivity contribution in [2.45, 2.75) is 13.5 Å². The van der Waals surface area contributed by atoms with E-state index in [1.54, 1.807) is 36.9 Å². The Kier molecular flexibility index (Phi) is 6.12. The molecule has 0 aliphatic heterocycles. The minimum Gasteiger partial charge on any atom is -0.354 e. The van der Waals surface area contributed by atoms with Crippen LogP contribution in [0.4, 0.5) is 5.95 Å². The Morgan fingerprint density at radius 3 is 2.54 bits per heavy atom. The van der Waals surface area contributed by atoms with Crippen molar-refractivity contribution < 1.29 is 0 Å². The standard InChI is InChI=1S/C18H22Cl2N6O2/c1-4-21-7-8-22-17-23-15-14(24(17)2)16(27)26(18(28)25(15)3)10-11-5-6-12(19)9-13(11)20/h5-6,9,21H,4,7-8,10H2,1-3H3,(H,22,23). The average Bonchev–Trinajstić information content (AvgIpc) is 2.99. The van der Waals surface area contributed by atoms with E-state index in [1.807, 2.05) is 6.92 Å². The molecule has 0 amide bonds. The van der Waals surface area contributed by atoms with Crippen LogP contribution in [-0.4, -0.2) is 38.3 Å². The first-order valence-corrected chi connectivity index (χ1v) is 9.65. The SMILES string of the molecule is CCNCCNc1nc2c(c(=O)n(Cc3ccc(Cl)cc3Cl)c(=O)n2C)n1C. The van der Waals surface area contributed by atoms with Gasteiger partial charge >= 0.3 is 5.69 Å². The number of rotatable bonds is 7. The Balaban J connectivity index is 2.06. The predicted molar refractivity (Wildman–Crippen MR) is 113 cm³/mol. The normalized spacial score (nSPS) is 11.3. The molecule has 0 saturated heterocycles. The van der Waals surface area contributed by atoms with Crippen LogP contribution in [0.2, 0.25) is 10.0 Å². The number of aromatic nitrogens is 4. The van der Waals surface area contributed by atoms with Gasteiger partial charge in [0.2, 0.25) is 5.95 Å². The highest BCUT2D eigenvalue weighted by Gasteiger charge is 2.19. The van der Waals surface area contributed by atoms with Crippen LogP contribution in [0.5, 0.6) is 0 Å². The number of nitrogens with one attached hydrogen (secondary N) is 2. The molecule has 0 unspecified atom stereocenters. The Morgan fingerprint density at radius 2 is 1.86 bits per heavy atom. The molecule has 0 saturated carbocycles. The van der Waals surface area contributed by atoms with E-state index < -0.39 is 11.2 Å². The summed E-state index contributed by atoms with van der Waals surface area (Å²) in [7, 11) is 3.34. The summed E-state index contributed by atoms with van der Waals surface area (Å²) < 4.78 is 4.20. The molecule has 0 aliphatic carbocycles.